The number of phenolic OH excluding ortho intramolecular Hbond substituents is 1. The summed E-state index contributed by atoms with van der Waals surface area (Å²) in [7, 11) is 0. The first-order valence-electron chi connectivity index (χ1n) is 10.9. The average molecular weight is 504 g/mol. The fourth-order valence-corrected chi connectivity index (χ4v) is 4.21. The number of aromatic nitrogens is 2. The molecule has 2 aromatic heterocycles. The molecular formula is C25H22N4Na2O5. The third-order valence-corrected chi connectivity index (χ3v) is 5.99. The maximum Gasteiger partial charge on any atom is 0.371 e. The number of hydrogen-bond acceptors (Lipinski definition) is 6. The van der Waals surface area contributed by atoms with E-state index in [1.807, 2.05) is 12.1 Å². The van der Waals surface area contributed by atoms with Crippen molar-refractivity contribution in [3.63, 3.8) is 0 Å². The average Bonchev–Trinajstić information content (AvgIpc) is 3.43. The van der Waals surface area contributed by atoms with E-state index < -0.39 is 5.97 Å². The maximum absolute atomic E-state index is 13.1. The molecular weight excluding hydrogens is 482 g/mol. The molecule has 0 atom stereocenters. The van der Waals surface area contributed by atoms with Crippen molar-refractivity contribution in [2.75, 3.05) is 0 Å². The van der Waals surface area contributed by atoms with E-state index in [0.29, 0.717) is 5.69 Å². The van der Waals surface area contributed by atoms with Gasteiger partial charge in [-0.3, -0.25) is 9.89 Å². The van der Waals surface area contributed by atoms with Crippen LogP contribution in [0.3, 0.4) is 0 Å². The van der Waals surface area contributed by atoms with Crippen LogP contribution in [0.15, 0.2) is 68.0 Å². The molecule has 0 bridgehead atoms. The number of fused-ring (bicyclic) bond motifs is 1. The van der Waals surface area contributed by atoms with Gasteiger partial charge < -0.3 is 14.6 Å². The number of aromatic carboxylic acids is 1. The van der Waals surface area contributed by atoms with Crippen LogP contribution in [0.4, 0.5) is 11.4 Å². The zero-order valence-electron chi connectivity index (χ0n) is 20.4. The number of para-hydroxylation sites is 1. The molecule has 0 saturated carbocycles. The summed E-state index contributed by atoms with van der Waals surface area (Å²) in [6, 6.07) is 13.5. The second-order valence-electron chi connectivity index (χ2n) is 8.23. The van der Waals surface area contributed by atoms with Crippen LogP contribution < -0.4 is 5.56 Å². The van der Waals surface area contributed by atoms with Crippen molar-refractivity contribution in [2.24, 2.45) is 10.2 Å². The summed E-state index contributed by atoms with van der Waals surface area (Å²) in [5.41, 5.74) is 4.04. The Balaban J connectivity index is 0.00000180. The number of nitrogens with zero attached hydrogens (tertiary/aromatic N) is 3. The number of nitrogens with one attached hydrogen (secondary N) is 1. The monoisotopic (exact) mass is 504 g/mol. The fraction of sp³-hybridized carbons (Fsp3) is 0.200. The number of benzene rings is 2. The van der Waals surface area contributed by atoms with Gasteiger partial charge in [0.05, 0.1) is 16.9 Å². The molecule has 0 saturated heterocycles. The molecule has 1 aliphatic rings. The third-order valence-electron chi connectivity index (χ3n) is 5.99. The molecule has 9 nitrogen and oxygen atoms in total. The van der Waals surface area contributed by atoms with Gasteiger partial charge in [0.2, 0.25) is 5.76 Å². The smallest absolute Gasteiger partial charge is 0.371 e. The minimum absolute atomic E-state index is 0. The number of phenols is 1. The summed E-state index contributed by atoms with van der Waals surface area (Å²) >= 11 is 0. The number of aromatic amines is 1. The zero-order chi connectivity index (χ0) is 23.8. The Kier molecular flexibility index (Phi) is 9.21. The van der Waals surface area contributed by atoms with Gasteiger partial charge in [0.15, 0.2) is 11.4 Å². The van der Waals surface area contributed by atoms with Gasteiger partial charge in [-0.25, -0.2) is 9.48 Å². The Bertz CT molecular complexity index is 1500. The Morgan fingerprint density at radius 3 is 2.50 bits per heavy atom. The molecule has 5 rings (SSSR count). The fourth-order valence-electron chi connectivity index (χ4n) is 4.21. The quantitative estimate of drug-likeness (QED) is 0.268. The van der Waals surface area contributed by atoms with Gasteiger partial charge in [-0.2, -0.15) is 0 Å². The standard InChI is InChI=1S/C25H22N4O5.2Na/c1-14-22(24(31)29(28-14)17-10-9-15-5-2-3-6-16(15)13-17)27-26-19-8-4-7-18(23(19)30)20-11-12-21(34-20)25(32)33;;/h4,7-13,28,30H,2-3,5-6H2,1H3,(H,32,33);;. The number of aromatic hydroxyl groups is 1. The summed E-state index contributed by atoms with van der Waals surface area (Å²) in [6.45, 7) is 1.73. The number of furan rings is 1. The summed E-state index contributed by atoms with van der Waals surface area (Å²) < 4.78 is 6.72. The molecule has 0 fully saturated rings. The van der Waals surface area contributed by atoms with Crippen LogP contribution in [0, 0.1) is 6.92 Å². The van der Waals surface area contributed by atoms with E-state index in [4.69, 9.17) is 9.52 Å². The van der Waals surface area contributed by atoms with Crippen LogP contribution in [0.25, 0.3) is 17.0 Å². The number of H-pyrrole nitrogens is 1. The van der Waals surface area contributed by atoms with Crippen molar-refractivity contribution in [1.82, 2.24) is 9.78 Å². The largest absolute Gasteiger partial charge is 0.505 e. The number of hydrogen-bond donors (Lipinski definition) is 3. The summed E-state index contributed by atoms with van der Waals surface area (Å²) in [4.78, 5) is 24.1. The molecule has 0 unspecified atom stereocenters. The minimum atomic E-state index is -1.21. The summed E-state index contributed by atoms with van der Waals surface area (Å²) in [5, 5.41) is 31.0. The van der Waals surface area contributed by atoms with Gasteiger partial charge in [-0.15, -0.1) is 10.2 Å². The number of azo groups is 1. The van der Waals surface area contributed by atoms with Crippen molar-refractivity contribution >= 4 is 76.5 Å². The van der Waals surface area contributed by atoms with Crippen LogP contribution >= 0.6 is 0 Å². The van der Waals surface area contributed by atoms with E-state index in [0.717, 1.165) is 24.9 Å². The van der Waals surface area contributed by atoms with Gasteiger partial charge in [0, 0.05) is 59.1 Å². The van der Waals surface area contributed by atoms with Crippen LogP contribution in [0.5, 0.6) is 5.75 Å². The Hall–Kier alpha value is -2.40. The first-order valence-corrected chi connectivity index (χ1v) is 10.9. The Morgan fingerprint density at radius 2 is 1.78 bits per heavy atom. The Labute approximate surface area is 250 Å². The first kappa shape index (κ1) is 28.2. The van der Waals surface area contributed by atoms with E-state index in [9.17, 15) is 14.7 Å². The number of carbonyl (C=O) groups is 1. The molecule has 2 heterocycles. The molecule has 0 aliphatic heterocycles. The first-order chi connectivity index (χ1) is 16.4. The molecule has 36 heavy (non-hydrogen) atoms. The molecule has 2 aromatic carbocycles. The van der Waals surface area contributed by atoms with Gasteiger partial charge in [0.1, 0.15) is 11.4 Å². The predicted octanol–water partition coefficient (Wildman–Crippen LogP) is 4.67. The van der Waals surface area contributed by atoms with Crippen LogP contribution in [-0.4, -0.2) is 85.1 Å². The van der Waals surface area contributed by atoms with Gasteiger partial charge in [-0.05, 0) is 80.1 Å². The van der Waals surface area contributed by atoms with E-state index >= 15 is 0 Å². The topological polar surface area (TPSA) is 133 Å². The zero-order valence-corrected chi connectivity index (χ0v) is 24.4. The molecule has 4 aromatic rings. The van der Waals surface area contributed by atoms with Crippen LogP contribution in [0.2, 0.25) is 0 Å². The molecule has 174 valence electrons. The second kappa shape index (κ2) is 11.8. The van der Waals surface area contributed by atoms with Crippen molar-refractivity contribution in [2.45, 2.75) is 32.6 Å². The number of carboxylic acids is 1. The molecule has 2 radical (unpaired) electrons. The Morgan fingerprint density at radius 1 is 1.03 bits per heavy atom. The third kappa shape index (κ3) is 5.46. The molecule has 0 amide bonds. The second-order valence-corrected chi connectivity index (χ2v) is 8.23. The van der Waals surface area contributed by atoms with Gasteiger partial charge in [0.25, 0.3) is 5.56 Å². The number of aryl methyl sites for hydroxylation is 3. The molecule has 3 N–H and O–H groups in total. The van der Waals surface area contributed by atoms with E-state index in [1.165, 1.54) is 40.4 Å². The molecule has 0 spiro atoms. The van der Waals surface area contributed by atoms with E-state index in [2.05, 4.69) is 21.4 Å². The van der Waals surface area contributed by atoms with Gasteiger partial charge in [-0.1, -0.05) is 12.1 Å². The van der Waals surface area contributed by atoms with Crippen molar-refractivity contribution < 1.29 is 19.4 Å². The molecule has 1 aliphatic carbocycles. The van der Waals surface area contributed by atoms with E-state index in [-0.39, 0.29) is 98.9 Å². The van der Waals surface area contributed by atoms with Crippen LogP contribution in [0.1, 0.15) is 40.2 Å². The van der Waals surface area contributed by atoms with Crippen molar-refractivity contribution in [1.29, 1.82) is 0 Å². The van der Waals surface area contributed by atoms with Crippen molar-refractivity contribution in [3.8, 4) is 22.8 Å². The predicted molar refractivity (Wildman–Crippen MR) is 136 cm³/mol. The summed E-state index contributed by atoms with van der Waals surface area (Å²) in [5.74, 6) is -1.51. The normalized spacial score (nSPS) is 12.6. The van der Waals surface area contributed by atoms with E-state index in [1.54, 1.807) is 19.1 Å². The number of carboxylic acid groups (broad SMARTS) is 1. The maximum atomic E-state index is 13.1. The van der Waals surface area contributed by atoms with Crippen LogP contribution in [-0.2, 0) is 12.8 Å². The summed E-state index contributed by atoms with van der Waals surface area (Å²) in [6.07, 6.45) is 4.40. The van der Waals surface area contributed by atoms with Crippen molar-refractivity contribution in [3.05, 3.63) is 81.5 Å². The minimum Gasteiger partial charge on any atom is -0.505 e. The SMILES string of the molecule is Cc1[nH]n(-c2ccc3c(c2)CCCC3)c(=O)c1N=Nc1cccc(-c2ccc(C(=O)O)o2)c1O.[Na].[Na]. The number of rotatable bonds is 5. The molecule has 11 heteroatoms. The van der Waals surface area contributed by atoms with Gasteiger partial charge >= 0.3 is 5.97 Å².